The fourth-order valence-corrected chi connectivity index (χ4v) is 3.45. The van der Waals surface area contributed by atoms with Crippen molar-refractivity contribution in [3.05, 3.63) is 41.2 Å². The van der Waals surface area contributed by atoms with E-state index in [2.05, 4.69) is 42.0 Å². The molecular formula is C22H30N4O2. The molecule has 1 N–H and O–H groups in total. The van der Waals surface area contributed by atoms with Gasteiger partial charge in [0.15, 0.2) is 0 Å². The number of ether oxygens (including phenoxy) is 1. The first kappa shape index (κ1) is 20.1. The molecule has 1 aliphatic rings. The number of hydrogen-bond donors (Lipinski definition) is 1. The Bertz CT molecular complexity index is 841. The van der Waals surface area contributed by atoms with Gasteiger partial charge in [0, 0.05) is 31.8 Å². The molecule has 1 aliphatic heterocycles. The first-order chi connectivity index (χ1) is 13.2. The number of rotatable bonds is 5. The lowest BCUT2D eigenvalue weighted by Gasteiger charge is -2.31. The van der Waals surface area contributed by atoms with Crippen molar-refractivity contribution in [2.45, 2.75) is 53.5 Å². The number of nitrogens with one attached hydrogen (secondary N) is 1. The van der Waals surface area contributed by atoms with E-state index in [0.29, 0.717) is 18.1 Å². The van der Waals surface area contributed by atoms with E-state index in [1.54, 1.807) is 7.11 Å². The van der Waals surface area contributed by atoms with Crippen LogP contribution < -0.4 is 15.0 Å². The minimum absolute atomic E-state index is 0.0139. The van der Waals surface area contributed by atoms with Crippen molar-refractivity contribution in [2.75, 3.05) is 23.9 Å². The van der Waals surface area contributed by atoms with Crippen LogP contribution in [0.3, 0.4) is 0 Å². The van der Waals surface area contributed by atoms with Crippen LogP contribution in [0.15, 0.2) is 24.4 Å². The molecule has 6 heteroatoms. The SMILES string of the molecule is COc1ccc(CN2CCCc3nc(NC(=O)CC(C)(C)C)c(C)cc32)cn1. The van der Waals surface area contributed by atoms with Gasteiger partial charge < -0.3 is 15.0 Å². The van der Waals surface area contributed by atoms with Crippen LogP contribution >= 0.6 is 0 Å². The van der Waals surface area contributed by atoms with Crippen molar-refractivity contribution >= 4 is 17.4 Å². The average Bonchev–Trinajstić information content (AvgIpc) is 2.62. The first-order valence-corrected chi connectivity index (χ1v) is 9.79. The van der Waals surface area contributed by atoms with Crippen LogP contribution in [0.5, 0.6) is 5.88 Å². The Kier molecular flexibility index (Phi) is 5.87. The largest absolute Gasteiger partial charge is 0.481 e. The third-order valence-corrected chi connectivity index (χ3v) is 4.78. The standard InChI is InChI=1S/C22H30N4O2/c1-15-11-18-17(24-21(15)25-19(27)12-22(2,3)4)7-6-10-26(18)14-16-8-9-20(28-5)23-13-16/h8-9,11,13H,6-7,10,12,14H2,1-5H3,(H,24,25,27). The molecule has 2 aromatic rings. The van der Waals surface area contributed by atoms with Gasteiger partial charge in [-0.15, -0.1) is 0 Å². The third kappa shape index (κ3) is 5.00. The quantitative estimate of drug-likeness (QED) is 0.842. The maximum Gasteiger partial charge on any atom is 0.226 e. The van der Waals surface area contributed by atoms with E-state index in [0.717, 1.165) is 48.4 Å². The first-order valence-electron chi connectivity index (χ1n) is 9.79. The molecule has 0 saturated carbocycles. The summed E-state index contributed by atoms with van der Waals surface area (Å²) in [6.45, 7) is 9.95. The van der Waals surface area contributed by atoms with Crippen molar-refractivity contribution in [1.82, 2.24) is 9.97 Å². The Hall–Kier alpha value is -2.63. The molecule has 2 aromatic heterocycles. The van der Waals surface area contributed by atoms with Crippen LogP contribution in [0.25, 0.3) is 0 Å². The molecular weight excluding hydrogens is 352 g/mol. The smallest absolute Gasteiger partial charge is 0.226 e. The van der Waals surface area contributed by atoms with E-state index in [1.165, 1.54) is 0 Å². The van der Waals surface area contributed by atoms with Gasteiger partial charge in [0.1, 0.15) is 5.82 Å². The molecule has 150 valence electrons. The molecule has 3 rings (SSSR count). The van der Waals surface area contributed by atoms with Gasteiger partial charge in [-0.1, -0.05) is 26.8 Å². The maximum absolute atomic E-state index is 12.3. The second-order valence-electron chi connectivity index (χ2n) is 8.64. The lowest BCUT2D eigenvalue weighted by Crippen LogP contribution is -2.30. The second-order valence-corrected chi connectivity index (χ2v) is 8.64. The lowest BCUT2D eigenvalue weighted by atomic mass is 9.92. The number of hydrogen-bond acceptors (Lipinski definition) is 5. The number of methoxy groups -OCH3 is 1. The van der Waals surface area contributed by atoms with Crippen molar-refractivity contribution < 1.29 is 9.53 Å². The molecule has 0 atom stereocenters. The Labute approximate surface area is 167 Å². The molecule has 0 spiro atoms. The van der Waals surface area contributed by atoms with Gasteiger partial charge in [-0.25, -0.2) is 9.97 Å². The zero-order valence-electron chi connectivity index (χ0n) is 17.5. The molecule has 0 bridgehead atoms. The summed E-state index contributed by atoms with van der Waals surface area (Å²) >= 11 is 0. The number of amides is 1. The molecule has 0 radical (unpaired) electrons. The van der Waals surface area contributed by atoms with E-state index in [4.69, 9.17) is 9.72 Å². The van der Waals surface area contributed by atoms with Crippen LogP contribution in [0.1, 0.15) is 50.4 Å². The second kappa shape index (κ2) is 8.17. The van der Waals surface area contributed by atoms with Gasteiger partial charge in [-0.3, -0.25) is 4.79 Å². The van der Waals surface area contributed by atoms with Crippen LogP contribution in [0.2, 0.25) is 0 Å². The van der Waals surface area contributed by atoms with E-state index in [-0.39, 0.29) is 11.3 Å². The fraction of sp³-hybridized carbons (Fsp3) is 0.500. The summed E-state index contributed by atoms with van der Waals surface area (Å²) in [5, 5.41) is 3.00. The summed E-state index contributed by atoms with van der Waals surface area (Å²) in [4.78, 5) is 23.8. The van der Waals surface area contributed by atoms with Gasteiger partial charge >= 0.3 is 0 Å². The highest BCUT2D eigenvalue weighted by Gasteiger charge is 2.22. The van der Waals surface area contributed by atoms with Gasteiger partial charge in [0.2, 0.25) is 11.8 Å². The number of aryl methyl sites for hydroxylation is 2. The Morgan fingerprint density at radius 1 is 1.32 bits per heavy atom. The molecule has 28 heavy (non-hydrogen) atoms. The number of aromatic nitrogens is 2. The Morgan fingerprint density at radius 3 is 2.75 bits per heavy atom. The van der Waals surface area contributed by atoms with Gasteiger partial charge in [0.05, 0.1) is 18.5 Å². The van der Waals surface area contributed by atoms with Gasteiger partial charge in [-0.2, -0.15) is 0 Å². The van der Waals surface area contributed by atoms with Crippen molar-refractivity contribution in [1.29, 1.82) is 0 Å². The minimum Gasteiger partial charge on any atom is -0.481 e. The highest BCUT2D eigenvalue weighted by atomic mass is 16.5. The predicted molar refractivity (Wildman–Crippen MR) is 112 cm³/mol. The van der Waals surface area contributed by atoms with E-state index < -0.39 is 0 Å². The fourth-order valence-electron chi connectivity index (χ4n) is 3.45. The van der Waals surface area contributed by atoms with Crippen LogP contribution in [-0.2, 0) is 17.8 Å². The summed E-state index contributed by atoms with van der Waals surface area (Å²) in [7, 11) is 1.62. The van der Waals surface area contributed by atoms with Gasteiger partial charge in [-0.05, 0) is 42.4 Å². The molecule has 1 amide bonds. The summed E-state index contributed by atoms with van der Waals surface area (Å²) in [5.74, 6) is 1.32. The van der Waals surface area contributed by atoms with E-state index in [9.17, 15) is 4.79 Å². The van der Waals surface area contributed by atoms with Crippen molar-refractivity contribution in [3.63, 3.8) is 0 Å². The summed E-state index contributed by atoms with van der Waals surface area (Å²) in [6, 6.07) is 6.07. The summed E-state index contributed by atoms with van der Waals surface area (Å²) in [5.41, 5.74) is 4.27. The Morgan fingerprint density at radius 2 is 2.11 bits per heavy atom. The van der Waals surface area contributed by atoms with Crippen LogP contribution in [-0.4, -0.2) is 29.5 Å². The zero-order valence-corrected chi connectivity index (χ0v) is 17.5. The molecule has 0 fully saturated rings. The number of fused-ring (bicyclic) bond motifs is 1. The highest BCUT2D eigenvalue weighted by Crippen LogP contribution is 2.31. The Balaban J connectivity index is 1.78. The van der Waals surface area contributed by atoms with Crippen LogP contribution in [0, 0.1) is 12.3 Å². The van der Waals surface area contributed by atoms with E-state index in [1.807, 2.05) is 25.3 Å². The minimum atomic E-state index is -0.0462. The summed E-state index contributed by atoms with van der Waals surface area (Å²) in [6.07, 6.45) is 4.30. The molecule has 0 saturated heterocycles. The van der Waals surface area contributed by atoms with Crippen molar-refractivity contribution in [3.8, 4) is 5.88 Å². The number of pyridine rings is 2. The highest BCUT2D eigenvalue weighted by molar-refractivity contribution is 5.91. The topological polar surface area (TPSA) is 67.3 Å². The normalized spacial score (nSPS) is 13.8. The number of nitrogens with zero attached hydrogens (tertiary/aromatic N) is 3. The van der Waals surface area contributed by atoms with Crippen LogP contribution in [0.4, 0.5) is 11.5 Å². The molecule has 0 aliphatic carbocycles. The zero-order chi connectivity index (χ0) is 20.3. The average molecular weight is 383 g/mol. The predicted octanol–water partition coefficient (Wildman–Crippen LogP) is 4.12. The molecule has 0 unspecified atom stereocenters. The molecule has 6 nitrogen and oxygen atoms in total. The number of anilines is 2. The van der Waals surface area contributed by atoms with Crippen molar-refractivity contribution in [2.24, 2.45) is 5.41 Å². The third-order valence-electron chi connectivity index (χ3n) is 4.78. The summed E-state index contributed by atoms with van der Waals surface area (Å²) < 4.78 is 5.14. The van der Waals surface area contributed by atoms with E-state index >= 15 is 0 Å². The monoisotopic (exact) mass is 382 g/mol. The van der Waals surface area contributed by atoms with Gasteiger partial charge in [0.25, 0.3) is 0 Å². The number of carbonyl (C=O) groups is 1. The lowest BCUT2D eigenvalue weighted by molar-refractivity contribution is -0.117. The molecule has 3 heterocycles. The maximum atomic E-state index is 12.3. The number of carbonyl (C=O) groups excluding carboxylic acids is 1. The molecule has 0 aromatic carbocycles.